The van der Waals surface area contributed by atoms with Crippen molar-refractivity contribution in [1.29, 1.82) is 0 Å². The number of thiophene rings is 1. The monoisotopic (exact) mass is 349 g/mol. The Morgan fingerprint density at radius 2 is 2.17 bits per heavy atom. The van der Waals surface area contributed by atoms with Gasteiger partial charge in [-0.2, -0.15) is 9.40 Å². The molecule has 3 aromatic heterocycles. The van der Waals surface area contributed by atoms with Gasteiger partial charge in [-0.1, -0.05) is 6.07 Å². The molecule has 0 spiro atoms. The minimum absolute atomic E-state index is 0.305. The van der Waals surface area contributed by atoms with Crippen LogP contribution in [0.1, 0.15) is 11.5 Å². The predicted octanol–water partition coefficient (Wildman–Crippen LogP) is 1.39. The molecule has 0 amide bonds. The van der Waals surface area contributed by atoms with Crippen molar-refractivity contribution in [2.75, 3.05) is 6.54 Å². The van der Waals surface area contributed by atoms with Gasteiger partial charge in [0.25, 0.3) is 10.0 Å². The van der Waals surface area contributed by atoms with Gasteiger partial charge in [0.05, 0.1) is 18.8 Å². The van der Waals surface area contributed by atoms with E-state index >= 15 is 0 Å². The average Bonchev–Trinajstić information content (AvgIpc) is 3.28. The van der Waals surface area contributed by atoms with Gasteiger partial charge in [-0.05, 0) is 17.5 Å². The maximum absolute atomic E-state index is 12.6. The lowest BCUT2D eigenvalue weighted by Gasteiger charge is -2.26. The third-order valence-electron chi connectivity index (χ3n) is 3.79. The van der Waals surface area contributed by atoms with Crippen molar-refractivity contribution >= 4 is 21.4 Å². The second kappa shape index (κ2) is 5.59. The van der Waals surface area contributed by atoms with Crippen molar-refractivity contribution < 1.29 is 8.42 Å². The summed E-state index contributed by atoms with van der Waals surface area (Å²) in [6.45, 7) is 1.97. The molecule has 0 saturated heterocycles. The number of nitrogens with zero attached hydrogens (tertiary/aromatic N) is 5. The maximum Gasteiger partial charge on any atom is 0.253 e. The highest BCUT2D eigenvalue weighted by molar-refractivity contribution is 7.91. The van der Waals surface area contributed by atoms with Gasteiger partial charge in [0.1, 0.15) is 10.0 Å². The molecule has 1 aliphatic rings. The maximum atomic E-state index is 12.6. The first-order valence-corrected chi connectivity index (χ1v) is 9.51. The molecule has 3 aromatic rings. The van der Waals surface area contributed by atoms with Crippen LogP contribution in [0.2, 0.25) is 0 Å². The topological polar surface area (TPSA) is 73.0 Å². The number of aromatic nitrogens is 4. The minimum Gasteiger partial charge on any atom is -0.332 e. The largest absolute Gasteiger partial charge is 0.332 e. The summed E-state index contributed by atoms with van der Waals surface area (Å²) in [6, 6.07) is 5.26. The summed E-state index contributed by atoms with van der Waals surface area (Å²) in [4.78, 5) is 4.57. The summed E-state index contributed by atoms with van der Waals surface area (Å²) < 4.78 is 30.9. The van der Waals surface area contributed by atoms with E-state index < -0.39 is 10.0 Å². The summed E-state index contributed by atoms with van der Waals surface area (Å²) in [5.41, 5.74) is 0.888. The molecule has 0 fully saturated rings. The van der Waals surface area contributed by atoms with Crippen LogP contribution in [0, 0.1) is 0 Å². The fraction of sp³-hybridized carbons (Fsp3) is 0.286. The molecule has 9 heteroatoms. The average molecular weight is 349 g/mol. The van der Waals surface area contributed by atoms with Gasteiger partial charge in [-0.25, -0.2) is 13.4 Å². The van der Waals surface area contributed by atoms with Gasteiger partial charge in [0, 0.05) is 31.7 Å². The van der Waals surface area contributed by atoms with E-state index in [9.17, 15) is 8.42 Å². The van der Waals surface area contributed by atoms with Crippen LogP contribution in [-0.4, -0.2) is 38.6 Å². The zero-order valence-electron chi connectivity index (χ0n) is 12.2. The van der Waals surface area contributed by atoms with Crippen LogP contribution in [-0.2, 0) is 29.7 Å². The first kappa shape index (κ1) is 14.6. The number of sulfonamides is 1. The molecule has 23 heavy (non-hydrogen) atoms. The van der Waals surface area contributed by atoms with E-state index in [-0.39, 0.29) is 0 Å². The van der Waals surface area contributed by atoms with Crippen molar-refractivity contribution in [1.82, 2.24) is 23.6 Å². The molecule has 0 radical (unpaired) electrons. The highest BCUT2D eigenvalue weighted by atomic mass is 32.2. The van der Waals surface area contributed by atoms with E-state index in [0.717, 1.165) is 11.5 Å². The van der Waals surface area contributed by atoms with E-state index in [0.29, 0.717) is 30.4 Å². The van der Waals surface area contributed by atoms with Gasteiger partial charge in [0.15, 0.2) is 0 Å². The third-order valence-corrected chi connectivity index (χ3v) is 7.01. The summed E-state index contributed by atoms with van der Waals surface area (Å²) in [5, 5.41) is 5.95. The van der Waals surface area contributed by atoms with Gasteiger partial charge in [-0.15, -0.1) is 11.3 Å². The number of hydrogen-bond donors (Lipinski definition) is 0. The highest BCUT2D eigenvalue weighted by Crippen LogP contribution is 2.24. The zero-order valence-corrected chi connectivity index (χ0v) is 13.9. The first-order chi connectivity index (χ1) is 11.1. The Balaban J connectivity index is 1.57. The van der Waals surface area contributed by atoms with E-state index in [1.54, 1.807) is 28.4 Å². The highest BCUT2D eigenvalue weighted by Gasteiger charge is 2.30. The number of rotatable bonds is 4. The van der Waals surface area contributed by atoms with E-state index in [1.807, 2.05) is 23.0 Å². The molecule has 0 N–H and O–H groups in total. The number of fused-ring (bicyclic) bond motifs is 1. The Morgan fingerprint density at radius 3 is 2.91 bits per heavy atom. The van der Waals surface area contributed by atoms with Gasteiger partial charge >= 0.3 is 0 Å². The van der Waals surface area contributed by atoms with Crippen molar-refractivity contribution in [2.45, 2.75) is 23.8 Å². The van der Waals surface area contributed by atoms with Crippen LogP contribution in [0.15, 0.2) is 46.4 Å². The smallest absolute Gasteiger partial charge is 0.253 e. The molecule has 120 valence electrons. The van der Waals surface area contributed by atoms with Crippen molar-refractivity contribution in [3.63, 3.8) is 0 Å². The molecule has 0 atom stereocenters. The van der Waals surface area contributed by atoms with Crippen molar-refractivity contribution in [3.05, 3.63) is 53.7 Å². The lowest BCUT2D eigenvalue weighted by molar-refractivity contribution is 0.336. The Labute approximate surface area is 137 Å². The zero-order chi connectivity index (χ0) is 15.9. The molecular weight excluding hydrogens is 334 g/mol. The number of hydrogen-bond acceptors (Lipinski definition) is 5. The Morgan fingerprint density at radius 1 is 1.26 bits per heavy atom. The van der Waals surface area contributed by atoms with E-state index in [2.05, 4.69) is 10.1 Å². The van der Waals surface area contributed by atoms with E-state index in [1.165, 1.54) is 15.6 Å². The van der Waals surface area contributed by atoms with Crippen LogP contribution in [0.25, 0.3) is 0 Å². The van der Waals surface area contributed by atoms with Gasteiger partial charge < -0.3 is 4.57 Å². The van der Waals surface area contributed by atoms with Gasteiger partial charge in [-0.3, -0.25) is 4.68 Å². The normalized spacial score (nSPS) is 15.7. The van der Waals surface area contributed by atoms with Crippen LogP contribution in [0.3, 0.4) is 0 Å². The van der Waals surface area contributed by atoms with Crippen LogP contribution in [0.5, 0.6) is 0 Å². The Bertz CT molecular complexity index is 897. The second-order valence-electron chi connectivity index (χ2n) is 5.32. The second-order valence-corrected chi connectivity index (χ2v) is 8.43. The molecule has 7 nitrogen and oxygen atoms in total. The lowest BCUT2D eigenvalue weighted by atomic mass is 10.4. The van der Waals surface area contributed by atoms with Crippen LogP contribution in [0.4, 0.5) is 0 Å². The molecule has 0 aliphatic carbocycles. The Hall–Kier alpha value is -1.97. The van der Waals surface area contributed by atoms with E-state index in [4.69, 9.17) is 0 Å². The summed E-state index contributed by atoms with van der Waals surface area (Å²) >= 11 is 1.24. The number of imidazole rings is 1. The quantitative estimate of drug-likeness (QED) is 0.714. The summed E-state index contributed by atoms with van der Waals surface area (Å²) in [5.74, 6) is 0.776. The Kier molecular flexibility index (Phi) is 3.55. The lowest BCUT2D eigenvalue weighted by Crippen LogP contribution is -2.37. The fourth-order valence-corrected chi connectivity index (χ4v) is 5.20. The molecule has 1 aliphatic heterocycles. The minimum atomic E-state index is -3.42. The fourth-order valence-electron chi connectivity index (χ4n) is 2.67. The summed E-state index contributed by atoms with van der Waals surface area (Å²) in [7, 11) is -3.42. The predicted molar refractivity (Wildman–Crippen MR) is 85.5 cm³/mol. The molecule has 0 bridgehead atoms. The van der Waals surface area contributed by atoms with Gasteiger partial charge in [0.2, 0.25) is 0 Å². The van der Waals surface area contributed by atoms with Crippen molar-refractivity contribution in [2.24, 2.45) is 0 Å². The first-order valence-electron chi connectivity index (χ1n) is 7.19. The molecule has 0 aromatic carbocycles. The SMILES string of the molecule is O=S(=O)(c1cccs1)N1CCn2cc(Cn3cccn3)nc2C1. The van der Waals surface area contributed by atoms with Crippen LogP contribution >= 0.6 is 11.3 Å². The molecule has 0 unspecified atom stereocenters. The molecule has 4 heterocycles. The van der Waals surface area contributed by atoms with Crippen LogP contribution < -0.4 is 0 Å². The standard InChI is InChI=1S/C14H15N5O2S2/c20-23(21,14-3-1-8-22-14)19-7-6-17-9-12(16-13(17)11-19)10-18-5-2-4-15-18/h1-5,8-9H,6-7,10-11H2. The van der Waals surface area contributed by atoms with Crippen molar-refractivity contribution in [3.8, 4) is 0 Å². The molecule has 0 saturated carbocycles. The molecular formula is C14H15N5O2S2. The summed E-state index contributed by atoms with van der Waals surface area (Å²) in [6.07, 6.45) is 5.59. The molecule has 4 rings (SSSR count). The third kappa shape index (κ3) is 2.71.